The van der Waals surface area contributed by atoms with Crippen molar-refractivity contribution in [2.75, 3.05) is 21.3 Å². The number of rotatable bonds is 7. The first-order valence-electron chi connectivity index (χ1n) is 8.49. The number of nitrogens with one attached hydrogen (secondary N) is 1. The van der Waals surface area contributed by atoms with Gasteiger partial charge in [0.15, 0.2) is 11.5 Å². The first kappa shape index (κ1) is 19.8. The van der Waals surface area contributed by atoms with Crippen molar-refractivity contribution < 1.29 is 23.4 Å². The number of ether oxygens (including phenoxy) is 3. The highest BCUT2D eigenvalue weighted by atomic mass is 79.9. The van der Waals surface area contributed by atoms with Crippen molar-refractivity contribution in [3.63, 3.8) is 0 Å². The second-order valence-corrected chi connectivity index (χ2v) is 6.75. The van der Waals surface area contributed by atoms with E-state index in [1.165, 1.54) is 21.3 Å². The highest BCUT2D eigenvalue weighted by molar-refractivity contribution is 9.10. The van der Waals surface area contributed by atoms with Crippen molar-refractivity contribution in [3.05, 3.63) is 64.3 Å². The molecule has 1 aromatic heterocycles. The van der Waals surface area contributed by atoms with Crippen LogP contribution in [-0.4, -0.2) is 27.2 Å². The van der Waals surface area contributed by atoms with Gasteiger partial charge in [-0.2, -0.15) is 0 Å². The molecule has 3 aromatic rings. The predicted octanol–water partition coefficient (Wildman–Crippen LogP) is 4.66. The van der Waals surface area contributed by atoms with Gasteiger partial charge in [-0.05, 0) is 36.4 Å². The van der Waals surface area contributed by atoms with Gasteiger partial charge in [-0.25, -0.2) is 0 Å². The Morgan fingerprint density at radius 3 is 2.29 bits per heavy atom. The summed E-state index contributed by atoms with van der Waals surface area (Å²) in [5.74, 6) is 2.24. The van der Waals surface area contributed by atoms with Gasteiger partial charge in [0, 0.05) is 10.0 Å². The number of hydrogen-bond donors (Lipinski definition) is 1. The van der Waals surface area contributed by atoms with Crippen LogP contribution in [0.1, 0.15) is 16.1 Å². The summed E-state index contributed by atoms with van der Waals surface area (Å²) in [4.78, 5) is 12.6. The topological polar surface area (TPSA) is 69.9 Å². The van der Waals surface area contributed by atoms with E-state index in [-0.39, 0.29) is 12.5 Å². The molecule has 28 heavy (non-hydrogen) atoms. The Morgan fingerprint density at radius 1 is 0.929 bits per heavy atom. The molecule has 7 heteroatoms. The van der Waals surface area contributed by atoms with E-state index >= 15 is 0 Å². The van der Waals surface area contributed by atoms with Crippen LogP contribution in [0.5, 0.6) is 17.2 Å². The van der Waals surface area contributed by atoms with Crippen molar-refractivity contribution >= 4 is 21.8 Å². The first-order valence-corrected chi connectivity index (χ1v) is 9.28. The maximum Gasteiger partial charge on any atom is 0.255 e. The maximum atomic E-state index is 12.6. The molecule has 0 spiro atoms. The largest absolute Gasteiger partial charge is 0.493 e. The average molecular weight is 446 g/mol. The highest BCUT2D eigenvalue weighted by Crippen LogP contribution is 2.39. The standard InChI is InChI=1S/C21H20BrNO5/c1-25-18-11-9-16(19(26-2)20(18)27-3)21(24)23-12-15-8-10-17(28-15)13-4-6-14(22)7-5-13/h4-11H,12H2,1-3H3,(H,23,24). The molecule has 0 aliphatic carbocycles. The molecular formula is C21H20BrNO5. The predicted molar refractivity (Wildman–Crippen MR) is 109 cm³/mol. The van der Waals surface area contributed by atoms with Crippen molar-refractivity contribution in [2.45, 2.75) is 6.54 Å². The summed E-state index contributed by atoms with van der Waals surface area (Å²) in [5, 5.41) is 2.84. The summed E-state index contributed by atoms with van der Waals surface area (Å²) in [6, 6.07) is 14.8. The summed E-state index contributed by atoms with van der Waals surface area (Å²) in [6.07, 6.45) is 0. The van der Waals surface area contributed by atoms with Crippen LogP contribution in [0.15, 0.2) is 57.4 Å². The Labute approximate surface area is 171 Å². The van der Waals surface area contributed by atoms with E-state index in [4.69, 9.17) is 18.6 Å². The molecule has 1 N–H and O–H groups in total. The van der Waals surface area contributed by atoms with Gasteiger partial charge in [-0.1, -0.05) is 28.1 Å². The van der Waals surface area contributed by atoms with E-state index in [0.717, 1.165) is 15.8 Å². The van der Waals surface area contributed by atoms with Gasteiger partial charge in [0.1, 0.15) is 11.5 Å². The zero-order chi connectivity index (χ0) is 20.1. The molecule has 0 atom stereocenters. The van der Waals surface area contributed by atoms with Crippen LogP contribution in [0.3, 0.4) is 0 Å². The minimum Gasteiger partial charge on any atom is -0.493 e. The molecule has 0 unspecified atom stereocenters. The average Bonchev–Trinajstić information content (AvgIpc) is 3.20. The number of benzene rings is 2. The molecule has 3 rings (SSSR count). The molecular weight excluding hydrogens is 426 g/mol. The van der Waals surface area contributed by atoms with Crippen LogP contribution in [0.25, 0.3) is 11.3 Å². The van der Waals surface area contributed by atoms with E-state index in [0.29, 0.717) is 28.6 Å². The molecule has 0 saturated carbocycles. The second kappa shape index (κ2) is 8.84. The van der Waals surface area contributed by atoms with E-state index < -0.39 is 0 Å². The number of amides is 1. The summed E-state index contributed by atoms with van der Waals surface area (Å²) >= 11 is 3.41. The second-order valence-electron chi connectivity index (χ2n) is 5.84. The fraction of sp³-hybridized carbons (Fsp3) is 0.190. The molecule has 0 saturated heterocycles. The van der Waals surface area contributed by atoms with Gasteiger partial charge >= 0.3 is 0 Å². The minimum atomic E-state index is -0.306. The lowest BCUT2D eigenvalue weighted by atomic mass is 10.1. The van der Waals surface area contributed by atoms with Gasteiger partial charge in [0.2, 0.25) is 5.75 Å². The van der Waals surface area contributed by atoms with Crippen molar-refractivity contribution in [3.8, 4) is 28.6 Å². The fourth-order valence-electron chi connectivity index (χ4n) is 2.78. The third-order valence-corrected chi connectivity index (χ3v) is 4.69. The molecule has 2 aromatic carbocycles. The molecule has 6 nitrogen and oxygen atoms in total. The van der Waals surface area contributed by atoms with E-state index in [1.54, 1.807) is 12.1 Å². The van der Waals surface area contributed by atoms with Gasteiger partial charge in [0.25, 0.3) is 5.91 Å². The normalized spacial score (nSPS) is 10.4. The zero-order valence-electron chi connectivity index (χ0n) is 15.7. The van der Waals surface area contributed by atoms with E-state index in [1.807, 2.05) is 36.4 Å². The van der Waals surface area contributed by atoms with Gasteiger partial charge in [-0.15, -0.1) is 0 Å². The Hall–Kier alpha value is -2.93. The van der Waals surface area contributed by atoms with Crippen LogP contribution in [0.4, 0.5) is 0 Å². The molecule has 1 heterocycles. The SMILES string of the molecule is COc1ccc(C(=O)NCc2ccc(-c3ccc(Br)cc3)o2)c(OC)c1OC. The first-order chi connectivity index (χ1) is 13.6. The number of halogens is 1. The molecule has 0 radical (unpaired) electrons. The van der Waals surface area contributed by atoms with Crippen LogP contribution < -0.4 is 19.5 Å². The Morgan fingerprint density at radius 2 is 1.64 bits per heavy atom. The van der Waals surface area contributed by atoms with Crippen molar-refractivity contribution in [1.29, 1.82) is 0 Å². The summed E-state index contributed by atoms with van der Waals surface area (Å²) in [6.45, 7) is 0.243. The van der Waals surface area contributed by atoms with Crippen LogP contribution in [0.2, 0.25) is 0 Å². The fourth-order valence-corrected chi connectivity index (χ4v) is 3.05. The Bertz CT molecular complexity index is 965. The van der Waals surface area contributed by atoms with E-state index in [2.05, 4.69) is 21.2 Å². The molecule has 0 aliphatic heterocycles. The molecule has 0 fully saturated rings. The molecule has 0 aliphatic rings. The minimum absolute atomic E-state index is 0.243. The maximum absolute atomic E-state index is 12.6. The number of hydrogen-bond acceptors (Lipinski definition) is 5. The van der Waals surface area contributed by atoms with Gasteiger partial charge < -0.3 is 23.9 Å². The van der Waals surface area contributed by atoms with Gasteiger partial charge in [0.05, 0.1) is 33.4 Å². The zero-order valence-corrected chi connectivity index (χ0v) is 17.3. The number of methoxy groups -OCH3 is 3. The van der Waals surface area contributed by atoms with Gasteiger partial charge in [-0.3, -0.25) is 4.79 Å². The lowest BCUT2D eigenvalue weighted by molar-refractivity contribution is 0.0944. The van der Waals surface area contributed by atoms with E-state index in [9.17, 15) is 4.79 Å². The third kappa shape index (κ3) is 4.14. The smallest absolute Gasteiger partial charge is 0.255 e. The number of carbonyl (C=O) groups excluding carboxylic acids is 1. The quantitative estimate of drug-likeness (QED) is 0.572. The van der Waals surface area contributed by atoms with Crippen molar-refractivity contribution in [1.82, 2.24) is 5.32 Å². The monoisotopic (exact) mass is 445 g/mol. The Kier molecular flexibility index (Phi) is 6.26. The lowest BCUT2D eigenvalue weighted by Gasteiger charge is -2.15. The lowest BCUT2D eigenvalue weighted by Crippen LogP contribution is -2.23. The highest BCUT2D eigenvalue weighted by Gasteiger charge is 2.20. The van der Waals surface area contributed by atoms with Crippen molar-refractivity contribution in [2.24, 2.45) is 0 Å². The summed E-state index contributed by atoms with van der Waals surface area (Å²) < 4.78 is 22.7. The third-order valence-electron chi connectivity index (χ3n) is 4.16. The molecule has 0 bridgehead atoms. The summed E-state index contributed by atoms with van der Waals surface area (Å²) in [5.41, 5.74) is 1.31. The summed E-state index contributed by atoms with van der Waals surface area (Å²) in [7, 11) is 4.50. The number of furan rings is 1. The van der Waals surface area contributed by atoms with Crippen LogP contribution in [-0.2, 0) is 6.54 Å². The Balaban J connectivity index is 1.73. The number of carbonyl (C=O) groups is 1. The molecule has 1 amide bonds. The van der Waals surface area contributed by atoms with Crippen LogP contribution in [0, 0.1) is 0 Å². The molecule has 146 valence electrons. The van der Waals surface area contributed by atoms with Crippen LogP contribution >= 0.6 is 15.9 Å².